The molecule has 0 saturated heterocycles. The first-order chi connectivity index (χ1) is 21.9. The highest BCUT2D eigenvalue weighted by molar-refractivity contribution is 6.31. The number of unbranched alkanes of at least 4 members (excludes halogenated alkanes) is 1. The summed E-state index contributed by atoms with van der Waals surface area (Å²) in [5.74, 6) is 1.21. The third-order valence-electron chi connectivity index (χ3n) is 9.65. The van der Waals surface area contributed by atoms with E-state index in [4.69, 9.17) is 16.3 Å². The number of rotatable bonds is 13. The molecule has 6 nitrogen and oxygen atoms in total. The molecule has 3 aliphatic rings. The van der Waals surface area contributed by atoms with E-state index in [9.17, 15) is 9.90 Å². The molecular weight excluding hydrogens is 582 g/mol. The summed E-state index contributed by atoms with van der Waals surface area (Å²) < 4.78 is 6.28. The van der Waals surface area contributed by atoms with Crippen LogP contribution in [0.1, 0.15) is 96.6 Å². The summed E-state index contributed by atoms with van der Waals surface area (Å²) in [6.45, 7) is 3.47. The van der Waals surface area contributed by atoms with E-state index in [1.54, 1.807) is 11.0 Å². The number of amides is 1. The van der Waals surface area contributed by atoms with E-state index < -0.39 is 6.23 Å². The zero-order valence-corrected chi connectivity index (χ0v) is 26.5. The predicted octanol–water partition coefficient (Wildman–Crippen LogP) is 8.14. The quantitative estimate of drug-likeness (QED) is 0.147. The Kier molecular flexibility index (Phi) is 8.38. The lowest BCUT2D eigenvalue weighted by Crippen LogP contribution is -2.29. The molecule has 0 radical (unpaired) electrons. The van der Waals surface area contributed by atoms with Crippen molar-refractivity contribution in [2.45, 2.75) is 82.2 Å². The number of pyridine rings is 1. The van der Waals surface area contributed by atoms with Crippen molar-refractivity contribution in [3.63, 3.8) is 0 Å². The minimum atomic E-state index is -0.847. The van der Waals surface area contributed by atoms with Gasteiger partial charge in [-0.1, -0.05) is 73.5 Å². The van der Waals surface area contributed by atoms with E-state index in [1.165, 1.54) is 16.7 Å². The maximum absolute atomic E-state index is 12.7. The number of aliphatic hydroxyl groups is 1. The number of halogens is 1. The van der Waals surface area contributed by atoms with Gasteiger partial charge in [0.1, 0.15) is 5.75 Å². The fourth-order valence-corrected chi connectivity index (χ4v) is 6.79. The number of nitrogens with one attached hydrogen (secondary N) is 1. The van der Waals surface area contributed by atoms with Crippen molar-refractivity contribution in [1.29, 1.82) is 0 Å². The summed E-state index contributed by atoms with van der Waals surface area (Å²) in [4.78, 5) is 18.8. The standard InChI is InChI=1S/C38H40ClN3O3/c1-25(8-6-7-21-42-36(43)31-10-2-3-11-32(31)37(42)44)26-13-16-34(39)27(22-26)23-41-38(18-19-38)33-24-40-20-17-29(33)30-9-4-5-12-35(30)45-28-14-15-28/h2-5,9-13,16-17,20,22,24-25,28,36,41,43H,6-8,14-15,18-19,21,23H2,1H3/t25-,36?/m0/s1. The van der Waals surface area contributed by atoms with Crippen LogP contribution in [0.5, 0.6) is 5.75 Å². The third-order valence-corrected chi connectivity index (χ3v) is 10.0. The lowest BCUT2D eigenvalue weighted by molar-refractivity contribution is 0.0169. The Hall–Kier alpha value is -3.71. The van der Waals surface area contributed by atoms with Crippen molar-refractivity contribution in [3.05, 3.63) is 118 Å². The number of carbonyl (C=O) groups excluding carboxylic acids is 1. The Morgan fingerprint density at radius 3 is 2.58 bits per heavy atom. The van der Waals surface area contributed by atoms with Crippen LogP contribution in [0.25, 0.3) is 11.1 Å². The monoisotopic (exact) mass is 621 g/mol. The summed E-state index contributed by atoms with van der Waals surface area (Å²) in [5.41, 5.74) is 7.04. The first kappa shape index (κ1) is 30.0. The summed E-state index contributed by atoms with van der Waals surface area (Å²) >= 11 is 6.73. The average molecular weight is 622 g/mol. The Bertz CT molecular complexity index is 1700. The summed E-state index contributed by atoms with van der Waals surface area (Å²) in [6, 6.07) is 24.2. The van der Waals surface area contributed by atoms with Crippen molar-refractivity contribution >= 4 is 17.5 Å². The van der Waals surface area contributed by atoms with Crippen LogP contribution in [-0.2, 0) is 12.1 Å². The normalized spacial score (nSPS) is 19.0. The molecule has 1 unspecified atom stereocenters. The van der Waals surface area contributed by atoms with Gasteiger partial charge in [-0.2, -0.15) is 0 Å². The first-order valence-electron chi connectivity index (χ1n) is 16.3. The Labute approximate surface area is 270 Å². The topological polar surface area (TPSA) is 74.7 Å². The highest BCUT2D eigenvalue weighted by Gasteiger charge is 2.46. The highest BCUT2D eigenvalue weighted by Crippen LogP contribution is 2.50. The molecule has 2 saturated carbocycles. The van der Waals surface area contributed by atoms with E-state index in [1.807, 2.05) is 42.7 Å². The number of para-hydroxylation sites is 1. The Balaban J connectivity index is 0.982. The van der Waals surface area contributed by atoms with E-state index in [2.05, 4.69) is 53.6 Å². The second-order valence-corrected chi connectivity index (χ2v) is 13.3. The van der Waals surface area contributed by atoms with Gasteiger partial charge in [-0.25, -0.2) is 0 Å². The van der Waals surface area contributed by atoms with Gasteiger partial charge in [-0.05, 0) is 91.0 Å². The largest absolute Gasteiger partial charge is 0.490 e. The van der Waals surface area contributed by atoms with Crippen molar-refractivity contribution in [1.82, 2.24) is 15.2 Å². The van der Waals surface area contributed by atoms with E-state index in [-0.39, 0.29) is 11.4 Å². The average Bonchev–Trinajstić information content (AvgIpc) is 4.01. The molecule has 2 atom stereocenters. The van der Waals surface area contributed by atoms with Crippen LogP contribution < -0.4 is 10.1 Å². The smallest absolute Gasteiger partial charge is 0.256 e. The van der Waals surface area contributed by atoms with E-state index in [0.717, 1.165) is 66.8 Å². The number of aromatic nitrogens is 1. The number of aliphatic hydroxyl groups excluding tert-OH is 1. The zero-order valence-electron chi connectivity index (χ0n) is 25.7. The molecule has 2 aliphatic carbocycles. The molecule has 7 heteroatoms. The van der Waals surface area contributed by atoms with Crippen LogP contribution in [0.15, 0.2) is 85.2 Å². The molecule has 0 bridgehead atoms. The molecule has 232 valence electrons. The van der Waals surface area contributed by atoms with Crippen molar-refractivity contribution < 1.29 is 14.6 Å². The van der Waals surface area contributed by atoms with Gasteiger partial charge in [0.25, 0.3) is 5.91 Å². The summed E-state index contributed by atoms with van der Waals surface area (Å²) in [5, 5.41) is 15.3. The molecule has 45 heavy (non-hydrogen) atoms. The lowest BCUT2D eigenvalue weighted by atomic mass is 9.93. The number of nitrogens with zero attached hydrogens (tertiary/aromatic N) is 2. The molecule has 2 heterocycles. The van der Waals surface area contributed by atoms with E-state index in [0.29, 0.717) is 36.2 Å². The van der Waals surface area contributed by atoms with Crippen LogP contribution in [0.3, 0.4) is 0 Å². The summed E-state index contributed by atoms with van der Waals surface area (Å²) in [6.07, 6.45) is 10.5. The van der Waals surface area contributed by atoms with E-state index >= 15 is 0 Å². The first-order valence-corrected chi connectivity index (χ1v) is 16.6. The molecule has 1 aromatic heterocycles. The number of benzene rings is 3. The number of carbonyl (C=O) groups is 1. The van der Waals surface area contributed by atoms with Crippen LogP contribution >= 0.6 is 11.6 Å². The highest BCUT2D eigenvalue weighted by atomic mass is 35.5. The van der Waals surface area contributed by atoms with Gasteiger partial charge >= 0.3 is 0 Å². The SMILES string of the molecule is C[C@@H](CCCCN1C(=O)c2ccccc2C1O)c1ccc(Cl)c(CNC2(c3cnccc3-c3ccccc3OC3CC3)CC2)c1. The van der Waals surface area contributed by atoms with Crippen molar-refractivity contribution in [2.75, 3.05) is 6.54 Å². The van der Waals surface area contributed by atoms with Gasteiger partial charge in [-0.15, -0.1) is 0 Å². The maximum atomic E-state index is 12.7. The minimum absolute atomic E-state index is 0.0800. The molecule has 1 amide bonds. The molecule has 2 N–H and O–H groups in total. The number of hydrogen-bond acceptors (Lipinski definition) is 5. The predicted molar refractivity (Wildman–Crippen MR) is 177 cm³/mol. The molecule has 1 aliphatic heterocycles. The maximum Gasteiger partial charge on any atom is 0.256 e. The number of ether oxygens (including phenoxy) is 1. The van der Waals surface area contributed by atoms with Crippen LogP contribution in [0, 0.1) is 0 Å². The summed E-state index contributed by atoms with van der Waals surface area (Å²) in [7, 11) is 0. The van der Waals surface area contributed by atoms with Gasteiger partial charge < -0.3 is 20.1 Å². The fraction of sp³-hybridized carbons (Fsp3) is 0.368. The van der Waals surface area contributed by atoms with Crippen molar-refractivity contribution in [3.8, 4) is 16.9 Å². The molecule has 4 aromatic rings. The third kappa shape index (κ3) is 6.24. The Morgan fingerprint density at radius 2 is 1.80 bits per heavy atom. The van der Waals surface area contributed by atoms with Gasteiger partial charge in [0.2, 0.25) is 0 Å². The molecule has 3 aromatic carbocycles. The van der Waals surface area contributed by atoms with Gasteiger partial charge in [0.15, 0.2) is 6.23 Å². The fourth-order valence-electron chi connectivity index (χ4n) is 6.61. The molecular formula is C38H40ClN3O3. The number of fused-ring (bicyclic) bond motifs is 1. The lowest BCUT2D eigenvalue weighted by Gasteiger charge is -2.23. The van der Waals surface area contributed by atoms with Crippen LogP contribution in [0.4, 0.5) is 0 Å². The molecule has 2 fully saturated rings. The second-order valence-electron chi connectivity index (χ2n) is 12.9. The Morgan fingerprint density at radius 1 is 1.02 bits per heavy atom. The molecule has 7 rings (SSSR count). The second kappa shape index (κ2) is 12.6. The van der Waals surface area contributed by atoms with Crippen LogP contribution in [0.2, 0.25) is 5.02 Å². The minimum Gasteiger partial charge on any atom is -0.490 e. The van der Waals surface area contributed by atoms with Gasteiger partial charge in [0.05, 0.1) is 6.10 Å². The number of hydrogen-bond donors (Lipinski definition) is 2. The van der Waals surface area contributed by atoms with Crippen molar-refractivity contribution in [2.24, 2.45) is 0 Å². The van der Waals surface area contributed by atoms with Gasteiger partial charge in [-0.3, -0.25) is 9.78 Å². The zero-order chi connectivity index (χ0) is 31.0. The molecule has 0 spiro atoms. The van der Waals surface area contributed by atoms with Gasteiger partial charge in [0, 0.05) is 52.7 Å². The van der Waals surface area contributed by atoms with Crippen LogP contribution in [-0.4, -0.2) is 33.5 Å².